The number of para-hydroxylation sites is 1. The highest BCUT2D eigenvalue weighted by Gasteiger charge is 2.31. The van der Waals surface area contributed by atoms with Crippen molar-refractivity contribution in [3.63, 3.8) is 0 Å². The Morgan fingerprint density at radius 1 is 0.917 bits per heavy atom. The van der Waals surface area contributed by atoms with Gasteiger partial charge in [-0.3, -0.25) is 4.90 Å². The van der Waals surface area contributed by atoms with Crippen LogP contribution in [0.4, 0.5) is 11.5 Å². The summed E-state index contributed by atoms with van der Waals surface area (Å²) in [6, 6.07) is 22.9. The molecule has 1 atom stereocenters. The van der Waals surface area contributed by atoms with Crippen molar-refractivity contribution < 1.29 is 8.42 Å². The SMILES string of the molecule is Cc1cccc(Nc2nc(C(C)N3CCN(S(=O)(=O)c4ccc(Br)cc4)CC3)nc3ccccc23)c1. The fourth-order valence-electron chi connectivity index (χ4n) is 4.49. The topological polar surface area (TPSA) is 78.4 Å². The minimum Gasteiger partial charge on any atom is -0.340 e. The molecule has 3 aromatic carbocycles. The highest BCUT2D eigenvalue weighted by Crippen LogP contribution is 2.29. The van der Waals surface area contributed by atoms with E-state index in [1.165, 1.54) is 5.56 Å². The molecule has 0 amide bonds. The fourth-order valence-corrected chi connectivity index (χ4v) is 6.17. The van der Waals surface area contributed by atoms with Crippen molar-refractivity contribution in [1.82, 2.24) is 19.2 Å². The molecule has 9 heteroatoms. The molecule has 1 N–H and O–H groups in total. The Morgan fingerprint density at radius 3 is 2.36 bits per heavy atom. The first kappa shape index (κ1) is 24.8. The lowest BCUT2D eigenvalue weighted by Gasteiger charge is -2.36. The predicted octanol–water partition coefficient (Wildman–Crippen LogP) is 5.51. The molecule has 1 aliphatic heterocycles. The molecule has 36 heavy (non-hydrogen) atoms. The number of aromatic nitrogens is 2. The summed E-state index contributed by atoms with van der Waals surface area (Å²) < 4.78 is 28.6. The van der Waals surface area contributed by atoms with Crippen LogP contribution in [0.1, 0.15) is 24.4 Å². The summed E-state index contributed by atoms with van der Waals surface area (Å²) in [6.45, 7) is 6.20. The van der Waals surface area contributed by atoms with Crippen LogP contribution in [0.25, 0.3) is 10.9 Å². The molecule has 4 aromatic rings. The van der Waals surface area contributed by atoms with Crippen LogP contribution in [0.5, 0.6) is 0 Å². The zero-order chi connectivity index (χ0) is 25.3. The van der Waals surface area contributed by atoms with Crippen LogP contribution in [-0.4, -0.2) is 53.8 Å². The first-order valence-corrected chi connectivity index (χ1v) is 14.1. The van der Waals surface area contributed by atoms with Gasteiger partial charge >= 0.3 is 0 Å². The van der Waals surface area contributed by atoms with Crippen molar-refractivity contribution in [1.29, 1.82) is 0 Å². The number of halogens is 1. The third kappa shape index (κ3) is 5.15. The maximum Gasteiger partial charge on any atom is 0.243 e. The molecule has 1 fully saturated rings. The Balaban J connectivity index is 1.36. The van der Waals surface area contributed by atoms with Crippen molar-refractivity contribution >= 4 is 48.4 Å². The molecule has 1 saturated heterocycles. The van der Waals surface area contributed by atoms with E-state index in [4.69, 9.17) is 9.97 Å². The normalized spacial score (nSPS) is 16.2. The summed E-state index contributed by atoms with van der Waals surface area (Å²) in [7, 11) is -3.52. The second-order valence-corrected chi connectivity index (χ2v) is 11.9. The van der Waals surface area contributed by atoms with E-state index in [0.717, 1.165) is 26.9 Å². The van der Waals surface area contributed by atoms with Crippen molar-refractivity contribution in [2.75, 3.05) is 31.5 Å². The summed E-state index contributed by atoms with van der Waals surface area (Å²) in [6.07, 6.45) is 0. The minimum absolute atomic E-state index is 0.0646. The van der Waals surface area contributed by atoms with E-state index in [2.05, 4.69) is 52.1 Å². The zero-order valence-electron chi connectivity index (χ0n) is 20.2. The Morgan fingerprint density at radius 2 is 1.64 bits per heavy atom. The number of sulfonamides is 1. The van der Waals surface area contributed by atoms with Gasteiger partial charge in [0.05, 0.1) is 16.5 Å². The smallest absolute Gasteiger partial charge is 0.243 e. The van der Waals surface area contributed by atoms with E-state index >= 15 is 0 Å². The molecule has 186 valence electrons. The third-order valence-electron chi connectivity index (χ3n) is 6.55. The molecule has 1 aliphatic rings. The van der Waals surface area contributed by atoms with Gasteiger partial charge < -0.3 is 5.32 Å². The monoisotopic (exact) mass is 565 g/mol. The van der Waals surface area contributed by atoms with Crippen molar-refractivity contribution in [3.05, 3.63) is 88.7 Å². The highest BCUT2D eigenvalue weighted by atomic mass is 79.9. The first-order chi connectivity index (χ1) is 17.3. The van der Waals surface area contributed by atoms with Crippen LogP contribution in [0.3, 0.4) is 0 Å². The van der Waals surface area contributed by atoms with E-state index in [9.17, 15) is 8.42 Å². The Bertz CT molecular complexity index is 1490. The molecular weight excluding hydrogens is 538 g/mol. The van der Waals surface area contributed by atoms with Gasteiger partial charge in [-0.15, -0.1) is 0 Å². The molecule has 1 aromatic heterocycles. The standard InChI is InChI=1S/C27H28BrN5O2S/c1-19-6-5-7-22(18-19)29-27-24-8-3-4-9-25(24)30-26(31-27)20(2)32-14-16-33(17-15-32)36(34,35)23-12-10-21(28)11-13-23/h3-13,18,20H,14-17H2,1-2H3,(H,29,30,31). The number of nitrogens with zero attached hydrogens (tertiary/aromatic N) is 4. The van der Waals surface area contributed by atoms with Gasteiger partial charge in [0.2, 0.25) is 10.0 Å². The summed E-state index contributed by atoms with van der Waals surface area (Å²) >= 11 is 3.36. The number of anilines is 2. The average Bonchev–Trinajstić information content (AvgIpc) is 2.88. The van der Waals surface area contributed by atoms with E-state index in [0.29, 0.717) is 36.9 Å². The van der Waals surface area contributed by atoms with Gasteiger partial charge in [-0.1, -0.05) is 40.2 Å². The number of hydrogen-bond donors (Lipinski definition) is 1. The van der Waals surface area contributed by atoms with E-state index in [1.54, 1.807) is 28.6 Å². The largest absolute Gasteiger partial charge is 0.340 e. The Labute approximate surface area is 220 Å². The number of hydrogen-bond acceptors (Lipinski definition) is 6. The van der Waals surface area contributed by atoms with E-state index < -0.39 is 10.0 Å². The molecule has 0 spiro atoms. The summed E-state index contributed by atoms with van der Waals surface area (Å²) in [4.78, 5) is 12.3. The van der Waals surface area contributed by atoms with Gasteiger partial charge in [-0.2, -0.15) is 4.31 Å². The minimum atomic E-state index is -3.52. The van der Waals surface area contributed by atoms with Crippen LogP contribution < -0.4 is 5.32 Å². The van der Waals surface area contributed by atoms with E-state index in [1.807, 2.05) is 36.4 Å². The number of rotatable bonds is 6. The molecule has 5 rings (SSSR count). The van der Waals surface area contributed by atoms with E-state index in [-0.39, 0.29) is 6.04 Å². The molecule has 7 nitrogen and oxygen atoms in total. The maximum atomic E-state index is 13.1. The van der Waals surface area contributed by atoms with Gasteiger partial charge in [0.1, 0.15) is 11.6 Å². The van der Waals surface area contributed by atoms with Crippen molar-refractivity contribution in [2.24, 2.45) is 0 Å². The molecule has 0 radical (unpaired) electrons. The number of piperazine rings is 1. The lowest BCUT2D eigenvalue weighted by molar-refractivity contribution is 0.141. The maximum absolute atomic E-state index is 13.1. The molecular formula is C27H28BrN5O2S. The number of benzene rings is 3. The molecule has 0 saturated carbocycles. The zero-order valence-corrected chi connectivity index (χ0v) is 22.6. The van der Waals surface area contributed by atoms with Crippen LogP contribution in [0, 0.1) is 6.92 Å². The van der Waals surface area contributed by atoms with Crippen molar-refractivity contribution in [3.8, 4) is 0 Å². The van der Waals surface area contributed by atoms with Gasteiger partial charge in [-0.05, 0) is 67.9 Å². The van der Waals surface area contributed by atoms with Crippen LogP contribution in [0.15, 0.2) is 82.2 Å². The molecule has 0 bridgehead atoms. The van der Waals surface area contributed by atoms with Crippen LogP contribution in [-0.2, 0) is 10.0 Å². The molecule has 0 aliphatic carbocycles. The van der Waals surface area contributed by atoms with Crippen LogP contribution in [0.2, 0.25) is 0 Å². The van der Waals surface area contributed by atoms with Gasteiger partial charge in [0, 0.05) is 41.7 Å². The first-order valence-electron chi connectivity index (χ1n) is 11.9. The Hall–Kier alpha value is -2.85. The number of aryl methyl sites for hydroxylation is 1. The summed E-state index contributed by atoms with van der Waals surface area (Å²) in [5.41, 5.74) is 3.02. The Kier molecular flexibility index (Phi) is 7.07. The highest BCUT2D eigenvalue weighted by molar-refractivity contribution is 9.10. The second kappa shape index (κ2) is 10.3. The van der Waals surface area contributed by atoms with Gasteiger partial charge in [0.15, 0.2) is 0 Å². The van der Waals surface area contributed by atoms with Gasteiger partial charge in [-0.25, -0.2) is 18.4 Å². The predicted molar refractivity (Wildman–Crippen MR) is 147 cm³/mol. The lowest BCUT2D eigenvalue weighted by atomic mass is 10.1. The number of fused-ring (bicyclic) bond motifs is 1. The van der Waals surface area contributed by atoms with Crippen molar-refractivity contribution in [2.45, 2.75) is 24.8 Å². The number of nitrogens with one attached hydrogen (secondary N) is 1. The lowest BCUT2D eigenvalue weighted by Crippen LogP contribution is -2.49. The summed E-state index contributed by atoms with van der Waals surface area (Å²) in [5, 5.41) is 4.43. The van der Waals surface area contributed by atoms with Crippen LogP contribution >= 0.6 is 15.9 Å². The quantitative estimate of drug-likeness (QED) is 0.332. The summed E-state index contributed by atoms with van der Waals surface area (Å²) in [5.74, 6) is 1.48. The molecule has 1 unspecified atom stereocenters. The van der Waals surface area contributed by atoms with Gasteiger partial charge in [0.25, 0.3) is 0 Å². The fraction of sp³-hybridized carbons (Fsp3) is 0.259. The second-order valence-electron chi connectivity index (χ2n) is 9.01. The third-order valence-corrected chi connectivity index (χ3v) is 8.99. The molecule has 2 heterocycles. The average molecular weight is 567 g/mol.